The summed E-state index contributed by atoms with van der Waals surface area (Å²) in [5.41, 5.74) is 1.70. The number of ether oxygens (including phenoxy) is 6. The van der Waals surface area contributed by atoms with E-state index in [0.29, 0.717) is 34.5 Å². The predicted molar refractivity (Wildman–Crippen MR) is 279 cm³/mol. The molecule has 0 fully saturated rings. The molecule has 0 aliphatic heterocycles. The number of benzene rings is 6. The molecule has 364 valence electrons. The molecule has 0 bridgehead atoms. The Morgan fingerprint density at radius 3 is 0.565 bits per heavy atom. The SMILES string of the molecule is CC.CC.CC.CC.CC.CC.CC(C)(c1ccc(Oc2nc(Oc3ccccc3)nc(Oc3ccccc3)n2)cc1)c1ccc(Oc2nc(Oc3ccccc3)nc(Oc3ccccc3)n2)cc1. The molecule has 0 spiro atoms. The van der Waals surface area contributed by atoms with Crippen LogP contribution in [0.3, 0.4) is 0 Å². The van der Waals surface area contributed by atoms with Crippen molar-refractivity contribution in [3.63, 3.8) is 0 Å². The van der Waals surface area contributed by atoms with Gasteiger partial charge in [-0.3, -0.25) is 0 Å². The monoisotopic (exact) mass is 935 g/mol. The number of nitrogens with zero attached hydrogens (tertiary/aromatic N) is 6. The summed E-state index contributed by atoms with van der Waals surface area (Å²) < 4.78 is 35.7. The summed E-state index contributed by atoms with van der Waals surface area (Å²) in [6, 6.07) is 52.4. The molecule has 2 heterocycles. The Bertz CT molecular complexity index is 2240. The molecule has 0 saturated heterocycles. The Morgan fingerprint density at radius 2 is 0.391 bits per heavy atom. The number of para-hydroxylation sites is 4. The largest absolute Gasteiger partial charge is 0.424 e. The molecule has 0 aliphatic rings. The maximum absolute atomic E-state index is 6.09. The first-order valence-electron chi connectivity index (χ1n) is 23.9. The van der Waals surface area contributed by atoms with E-state index in [1.807, 2.05) is 204 Å². The summed E-state index contributed by atoms with van der Waals surface area (Å²) in [5, 5.41) is 0. The quantitative estimate of drug-likeness (QED) is 0.103. The number of hydrogen-bond acceptors (Lipinski definition) is 12. The fourth-order valence-electron chi connectivity index (χ4n) is 5.55. The van der Waals surface area contributed by atoms with Crippen molar-refractivity contribution in [1.82, 2.24) is 29.9 Å². The van der Waals surface area contributed by atoms with Crippen molar-refractivity contribution in [3.8, 4) is 70.6 Å². The first-order valence-corrected chi connectivity index (χ1v) is 23.9. The zero-order chi connectivity index (χ0) is 50.9. The molecule has 2 aromatic heterocycles. The summed E-state index contributed by atoms with van der Waals surface area (Å²) in [4.78, 5) is 26.2. The third kappa shape index (κ3) is 18.7. The Labute approximate surface area is 410 Å². The Morgan fingerprint density at radius 1 is 0.232 bits per heavy atom. The van der Waals surface area contributed by atoms with Crippen LogP contribution in [-0.2, 0) is 5.41 Å². The summed E-state index contributed by atoms with van der Waals surface area (Å²) in [7, 11) is 0. The lowest BCUT2D eigenvalue weighted by molar-refractivity contribution is 0.361. The van der Waals surface area contributed by atoms with Crippen LogP contribution in [0, 0.1) is 0 Å². The van der Waals surface area contributed by atoms with E-state index >= 15 is 0 Å². The predicted octanol–water partition coefficient (Wildman–Crippen LogP) is 17.3. The van der Waals surface area contributed by atoms with E-state index in [1.165, 1.54) is 0 Å². The Balaban J connectivity index is 0.00000127. The average molecular weight is 935 g/mol. The van der Waals surface area contributed by atoms with Gasteiger partial charge in [-0.1, -0.05) is 194 Å². The molecule has 8 rings (SSSR count). The Kier molecular flexibility index (Phi) is 27.2. The van der Waals surface area contributed by atoms with Gasteiger partial charge in [-0.05, 0) is 83.9 Å². The van der Waals surface area contributed by atoms with Crippen molar-refractivity contribution in [2.75, 3.05) is 0 Å². The standard InChI is InChI=1S/C45H34N6O6.6C2H6/c1-45(2,31-23-27-37(28-24-31)56-43-48-39(52-33-15-7-3-8-16-33)46-40(49-43)53-34-17-9-4-10-18-34)32-25-29-38(30-26-32)57-44-50-41(54-35-19-11-5-12-20-35)47-42(51-44)55-36-21-13-6-14-22-36;6*1-2/h3-30H,1-2H3;6*1-2H3. The molecule has 6 aromatic carbocycles. The number of aromatic nitrogens is 6. The van der Waals surface area contributed by atoms with Crippen LogP contribution in [0.15, 0.2) is 170 Å². The Hall–Kier alpha value is -7.86. The lowest BCUT2D eigenvalue weighted by atomic mass is 9.78. The summed E-state index contributed by atoms with van der Waals surface area (Å²) in [6.45, 7) is 28.3. The molecule has 0 atom stereocenters. The molecule has 8 aromatic rings. The molecule has 0 unspecified atom stereocenters. The van der Waals surface area contributed by atoms with Crippen molar-refractivity contribution in [2.24, 2.45) is 0 Å². The zero-order valence-electron chi connectivity index (χ0n) is 42.8. The second-order valence-corrected chi connectivity index (χ2v) is 12.9. The highest BCUT2D eigenvalue weighted by molar-refractivity contribution is 5.43. The van der Waals surface area contributed by atoms with Crippen LogP contribution in [0.4, 0.5) is 0 Å². The normalized spacial score (nSPS) is 9.59. The zero-order valence-corrected chi connectivity index (χ0v) is 42.8. The van der Waals surface area contributed by atoms with Crippen molar-refractivity contribution < 1.29 is 28.4 Å². The number of rotatable bonds is 14. The lowest BCUT2D eigenvalue weighted by Crippen LogP contribution is -2.18. The van der Waals surface area contributed by atoms with Gasteiger partial charge in [0.15, 0.2) is 0 Å². The lowest BCUT2D eigenvalue weighted by Gasteiger charge is -2.26. The fourth-order valence-corrected chi connectivity index (χ4v) is 5.55. The van der Waals surface area contributed by atoms with Crippen LogP contribution in [0.2, 0.25) is 0 Å². The molecule has 12 heteroatoms. The molecule has 0 N–H and O–H groups in total. The van der Waals surface area contributed by atoms with E-state index in [9.17, 15) is 0 Å². The summed E-state index contributed by atoms with van der Waals surface area (Å²) >= 11 is 0. The minimum atomic E-state index is -0.391. The van der Waals surface area contributed by atoms with Crippen LogP contribution in [0.25, 0.3) is 0 Å². The molecular weight excluding hydrogens is 865 g/mol. The average Bonchev–Trinajstić information content (AvgIpc) is 3.41. The van der Waals surface area contributed by atoms with Gasteiger partial charge in [0.1, 0.15) is 34.5 Å². The van der Waals surface area contributed by atoms with E-state index < -0.39 is 5.41 Å². The van der Waals surface area contributed by atoms with Gasteiger partial charge in [0.05, 0.1) is 0 Å². The maximum atomic E-state index is 6.09. The van der Waals surface area contributed by atoms with Crippen molar-refractivity contribution >= 4 is 0 Å². The summed E-state index contributed by atoms with van der Waals surface area (Å²) in [5.74, 6) is 3.27. The van der Waals surface area contributed by atoms with Crippen molar-refractivity contribution in [2.45, 2.75) is 102 Å². The minimum Gasteiger partial charge on any atom is -0.424 e. The van der Waals surface area contributed by atoms with Gasteiger partial charge in [-0.2, -0.15) is 0 Å². The second kappa shape index (κ2) is 32.8. The topological polar surface area (TPSA) is 133 Å². The van der Waals surface area contributed by atoms with Gasteiger partial charge in [0, 0.05) is 5.41 Å². The smallest absolute Gasteiger partial charge is 0.331 e. The van der Waals surface area contributed by atoms with Gasteiger partial charge in [-0.25, -0.2) is 0 Å². The van der Waals surface area contributed by atoms with E-state index in [4.69, 9.17) is 28.4 Å². The van der Waals surface area contributed by atoms with Crippen LogP contribution < -0.4 is 28.4 Å². The summed E-state index contributed by atoms with van der Waals surface area (Å²) in [6.07, 6.45) is 0. The molecule has 0 radical (unpaired) electrons. The third-order valence-corrected chi connectivity index (χ3v) is 8.53. The molecular formula is C57H70N6O6. The maximum Gasteiger partial charge on any atom is 0.331 e. The first kappa shape index (κ1) is 57.3. The number of hydrogen-bond donors (Lipinski definition) is 0. The van der Waals surface area contributed by atoms with E-state index in [0.717, 1.165) is 11.1 Å². The highest BCUT2D eigenvalue weighted by Crippen LogP contribution is 2.35. The fraction of sp³-hybridized carbons (Fsp3) is 0.263. The second-order valence-electron chi connectivity index (χ2n) is 12.9. The van der Waals surface area contributed by atoms with Gasteiger partial charge < -0.3 is 28.4 Å². The van der Waals surface area contributed by atoms with Gasteiger partial charge >= 0.3 is 36.1 Å². The molecule has 69 heavy (non-hydrogen) atoms. The molecule has 12 nitrogen and oxygen atoms in total. The van der Waals surface area contributed by atoms with Gasteiger partial charge in [-0.15, -0.1) is 29.9 Å². The highest BCUT2D eigenvalue weighted by atomic mass is 16.5. The van der Waals surface area contributed by atoms with Crippen LogP contribution >= 0.6 is 0 Å². The third-order valence-electron chi connectivity index (χ3n) is 8.53. The van der Waals surface area contributed by atoms with E-state index in [-0.39, 0.29) is 36.1 Å². The molecule has 0 amide bonds. The van der Waals surface area contributed by atoms with E-state index in [1.54, 1.807) is 48.5 Å². The highest BCUT2D eigenvalue weighted by Gasteiger charge is 2.24. The van der Waals surface area contributed by atoms with Crippen molar-refractivity contribution in [3.05, 3.63) is 181 Å². The first-order chi connectivity index (χ1) is 33.9. The van der Waals surface area contributed by atoms with Crippen LogP contribution in [0.1, 0.15) is 108 Å². The van der Waals surface area contributed by atoms with Crippen LogP contribution in [-0.4, -0.2) is 29.9 Å². The van der Waals surface area contributed by atoms with Gasteiger partial charge in [0.2, 0.25) is 0 Å². The van der Waals surface area contributed by atoms with E-state index in [2.05, 4.69) is 43.8 Å². The van der Waals surface area contributed by atoms with Gasteiger partial charge in [0.25, 0.3) is 0 Å². The minimum absolute atomic E-state index is 0.0140. The van der Waals surface area contributed by atoms with Crippen LogP contribution in [0.5, 0.6) is 70.6 Å². The van der Waals surface area contributed by atoms with Crippen molar-refractivity contribution in [1.29, 1.82) is 0 Å². The molecule has 0 aliphatic carbocycles. The molecule has 0 saturated carbocycles.